The summed E-state index contributed by atoms with van der Waals surface area (Å²) in [6.45, 7) is 2.98. The van der Waals surface area contributed by atoms with Crippen LogP contribution in [-0.2, 0) is 15.9 Å². The minimum Gasteiger partial charge on any atom is -0.487 e. The van der Waals surface area contributed by atoms with Gasteiger partial charge in [0.05, 0.1) is 6.61 Å². The standard InChI is InChI=1S/C20H24O9/c1-20(2,29-19-18(25)17(24)16(23)13(8-21)28-19)14-6-10-5-9-3-4-15(22)27-11(9)7-12(10)26-14/h3-5,7,13-14,16-19,21,23-25H,6,8H2,1-2H3/t13-,14+,16+,17+,18+,19-/m0/s1. The van der Waals surface area contributed by atoms with Gasteiger partial charge in [-0.05, 0) is 31.5 Å². The molecule has 1 aromatic carbocycles. The minimum atomic E-state index is -1.52. The van der Waals surface area contributed by atoms with E-state index in [1.165, 1.54) is 6.07 Å². The molecule has 2 aliphatic rings. The Morgan fingerprint density at radius 1 is 1.14 bits per heavy atom. The van der Waals surface area contributed by atoms with Crippen LogP contribution in [0.2, 0.25) is 0 Å². The van der Waals surface area contributed by atoms with Gasteiger partial charge in [-0.3, -0.25) is 0 Å². The van der Waals surface area contributed by atoms with Crippen molar-refractivity contribution in [1.82, 2.24) is 0 Å². The van der Waals surface area contributed by atoms with E-state index in [-0.39, 0.29) is 0 Å². The van der Waals surface area contributed by atoms with Crippen molar-refractivity contribution in [3.63, 3.8) is 0 Å². The fraction of sp³-hybridized carbons (Fsp3) is 0.550. The van der Waals surface area contributed by atoms with Crippen LogP contribution in [0.15, 0.2) is 33.5 Å². The first-order valence-electron chi connectivity index (χ1n) is 9.41. The van der Waals surface area contributed by atoms with E-state index in [1.807, 2.05) is 6.07 Å². The lowest BCUT2D eigenvalue weighted by Gasteiger charge is -2.43. The summed E-state index contributed by atoms with van der Waals surface area (Å²) in [6.07, 6.45) is -6.71. The molecule has 4 rings (SSSR count). The van der Waals surface area contributed by atoms with Crippen molar-refractivity contribution < 1.29 is 39.1 Å². The second-order valence-corrected chi connectivity index (χ2v) is 7.98. The van der Waals surface area contributed by atoms with Crippen LogP contribution in [0.4, 0.5) is 0 Å². The van der Waals surface area contributed by atoms with Crippen molar-refractivity contribution in [3.8, 4) is 5.75 Å². The molecule has 2 aliphatic heterocycles. The normalized spacial score (nSPS) is 32.2. The fourth-order valence-corrected chi connectivity index (χ4v) is 3.74. The molecular formula is C20H24O9. The summed E-state index contributed by atoms with van der Waals surface area (Å²) in [7, 11) is 0. The Kier molecular flexibility index (Phi) is 5.14. The van der Waals surface area contributed by atoms with E-state index in [9.17, 15) is 25.2 Å². The molecule has 0 unspecified atom stereocenters. The first kappa shape index (κ1) is 20.3. The molecule has 1 saturated heterocycles. The van der Waals surface area contributed by atoms with Gasteiger partial charge in [0.25, 0.3) is 0 Å². The average molecular weight is 408 g/mol. The van der Waals surface area contributed by atoms with Crippen molar-refractivity contribution in [1.29, 1.82) is 0 Å². The predicted octanol–water partition coefficient (Wildman–Crippen LogP) is -0.308. The lowest BCUT2D eigenvalue weighted by atomic mass is 9.95. The van der Waals surface area contributed by atoms with E-state index < -0.39 is 54.6 Å². The molecule has 0 radical (unpaired) electrons. The van der Waals surface area contributed by atoms with Crippen molar-refractivity contribution in [2.24, 2.45) is 0 Å². The number of hydrogen-bond acceptors (Lipinski definition) is 9. The van der Waals surface area contributed by atoms with E-state index in [0.29, 0.717) is 17.8 Å². The van der Waals surface area contributed by atoms with E-state index in [1.54, 1.807) is 26.0 Å². The van der Waals surface area contributed by atoms with Crippen LogP contribution in [0.5, 0.6) is 5.75 Å². The first-order chi connectivity index (χ1) is 13.7. The number of aliphatic hydroxyl groups excluding tert-OH is 4. The largest absolute Gasteiger partial charge is 0.487 e. The molecule has 0 spiro atoms. The third kappa shape index (κ3) is 3.65. The van der Waals surface area contributed by atoms with Crippen LogP contribution >= 0.6 is 0 Å². The van der Waals surface area contributed by atoms with Gasteiger partial charge in [0.1, 0.15) is 47.5 Å². The smallest absolute Gasteiger partial charge is 0.336 e. The third-order valence-corrected chi connectivity index (χ3v) is 5.52. The third-order valence-electron chi connectivity index (χ3n) is 5.52. The van der Waals surface area contributed by atoms with Crippen molar-refractivity contribution in [3.05, 3.63) is 40.2 Å². The first-order valence-corrected chi connectivity index (χ1v) is 9.41. The number of ether oxygens (including phenoxy) is 3. The molecule has 0 aliphatic carbocycles. The Labute approximate surface area is 166 Å². The Morgan fingerprint density at radius 3 is 2.62 bits per heavy atom. The molecule has 4 N–H and O–H groups in total. The van der Waals surface area contributed by atoms with E-state index in [2.05, 4.69) is 0 Å². The van der Waals surface area contributed by atoms with Gasteiger partial charge < -0.3 is 39.1 Å². The van der Waals surface area contributed by atoms with Crippen molar-refractivity contribution in [2.75, 3.05) is 6.61 Å². The van der Waals surface area contributed by atoms with Crippen LogP contribution in [0.25, 0.3) is 11.0 Å². The van der Waals surface area contributed by atoms with Gasteiger partial charge in [-0.1, -0.05) is 0 Å². The number of fused-ring (bicyclic) bond motifs is 2. The lowest BCUT2D eigenvalue weighted by Crippen LogP contribution is -2.61. The highest BCUT2D eigenvalue weighted by atomic mass is 16.7. The summed E-state index contributed by atoms with van der Waals surface area (Å²) >= 11 is 0. The molecule has 158 valence electrons. The monoisotopic (exact) mass is 408 g/mol. The van der Waals surface area contributed by atoms with Gasteiger partial charge in [-0.25, -0.2) is 4.79 Å². The zero-order valence-corrected chi connectivity index (χ0v) is 16.0. The van der Waals surface area contributed by atoms with E-state index in [4.69, 9.17) is 18.6 Å². The molecular weight excluding hydrogens is 384 g/mol. The van der Waals surface area contributed by atoms with Crippen LogP contribution in [0.3, 0.4) is 0 Å². The van der Waals surface area contributed by atoms with Gasteiger partial charge in [0.15, 0.2) is 6.29 Å². The molecule has 0 saturated carbocycles. The van der Waals surface area contributed by atoms with Crippen LogP contribution in [-0.4, -0.2) is 69.4 Å². The summed E-state index contributed by atoms with van der Waals surface area (Å²) in [5, 5.41) is 40.2. The molecule has 1 fully saturated rings. The summed E-state index contributed by atoms with van der Waals surface area (Å²) in [4.78, 5) is 11.4. The molecule has 0 amide bonds. The molecule has 9 heteroatoms. The maximum atomic E-state index is 11.4. The van der Waals surface area contributed by atoms with Gasteiger partial charge in [0.2, 0.25) is 0 Å². The Hall–Kier alpha value is -2.01. The Balaban J connectivity index is 1.53. The Morgan fingerprint density at radius 2 is 1.90 bits per heavy atom. The average Bonchev–Trinajstić information content (AvgIpc) is 3.10. The van der Waals surface area contributed by atoms with Crippen molar-refractivity contribution in [2.45, 2.75) is 62.7 Å². The van der Waals surface area contributed by atoms with E-state index >= 15 is 0 Å². The fourth-order valence-electron chi connectivity index (χ4n) is 3.74. The number of benzene rings is 1. The maximum Gasteiger partial charge on any atom is 0.336 e. The quantitative estimate of drug-likeness (QED) is 0.502. The highest BCUT2D eigenvalue weighted by molar-refractivity contribution is 5.79. The summed E-state index contributed by atoms with van der Waals surface area (Å²) in [5.74, 6) is 0.572. The van der Waals surface area contributed by atoms with Crippen molar-refractivity contribution >= 4 is 11.0 Å². The number of aliphatic hydroxyl groups is 4. The molecule has 2 aromatic rings. The number of rotatable bonds is 4. The Bertz CT molecular complexity index is 951. The lowest BCUT2D eigenvalue weighted by molar-refractivity contribution is -0.329. The second kappa shape index (κ2) is 7.35. The highest BCUT2D eigenvalue weighted by Crippen LogP contribution is 2.38. The van der Waals surface area contributed by atoms with Gasteiger partial charge in [0, 0.05) is 23.9 Å². The molecule has 29 heavy (non-hydrogen) atoms. The zero-order valence-electron chi connectivity index (χ0n) is 16.0. The summed E-state index contributed by atoms with van der Waals surface area (Å²) in [6, 6.07) is 6.59. The summed E-state index contributed by atoms with van der Waals surface area (Å²) < 4.78 is 22.6. The zero-order chi connectivity index (χ0) is 20.9. The molecule has 9 nitrogen and oxygen atoms in total. The van der Waals surface area contributed by atoms with Gasteiger partial charge in [-0.15, -0.1) is 0 Å². The molecule has 1 aromatic heterocycles. The molecule has 0 bridgehead atoms. The highest BCUT2D eigenvalue weighted by Gasteiger charge is 2.48. The minimum absolute atomic E-state index is 0.421. The topological polar surface area (TPSA) is 139 Å². The molecule has 6 atom stereocenters. The second-order valence-electron chi connectivity index (χ2n) is 7.98. The summed E-state index contributed by atoms with van der Waals surface area (Å²) in [5.41, 5.74) is -0.0654. The van der Waals surface area contributed by atoms with Crippen LogP contribution in [0.1, 0.15) is 19.4 Å². The number of hydrogen-bond donors (Lipinski definition) is 4. The van der Waals surface area contributed by atoms with Crippen LogP contribution in [0, 0.1) is 0 Å². The predicted molar refractivity (Wildman–Crippen MR) is 99.5 cm³/mol. The van der Waals surface area contributed by atoms with E-state index in [0.717, 1.165) is 10.9 Å². The van der Waals surface area contributed by atoms with Gasteiger partial charge in [-0.2, -0.15) is 0 Å². The molecule has 3 heterocycles. The van der Waals surface area contributed by atoms with Crippen LogP contribution < -0.4 is 10.4 Å². The SMILES string of the molecule is CC(C)(O[C@@H]1O[C@@H](CO)[C@@H](O)[C@@H](O)[C@H]1O)[C@H]1Cc2cc3ccc(=O)oc3cc2O1. The maximum absolute atomic E-state index is 11.4. The van der Waals surface area contributed by atoms with Gasteiger partial charge >= 0.3 is 5.63 Å².